The molecule has 2 aromatic rings. The van der Waals surface area contributed by atoms with E-state index in [0.29, 0.717) is 18.8 Å². The lowest BCUT2D eigenvalue weighted by molar-refractivity contribution is -0.385. The number of hydrogen-bond acceptors (Lipinski definition) is 6. The minimum Gasteiger partial charge on any atom is -0.493 e. The molecule has 0 bridgehead atoms. The van der Waals surface area contributed by atoms with Gasteiger partial charge in [-0.3, -0.25) is 10.1 Å². The molecule has 0 aliphatic carbocycles. The van der Waals surface area contributed by atoms with Gasteiger partial charge >= 0.3 is 5.97 Å². The Morgan fingerprint density at radius 2 is 2.29 bits per heavy atom. The molecule has 1 aromatic carbocycles. The predicted molar refractivity (Wildman–Crippen MR) is 76.1 cm³/mol. The van der Waals surface area contributed by atoms with Gasteiger partial charge in [0, 0.05) is 23.4 Å². The molecule has 8 heteroatoms. The number of nitro groups is 1. The van der Waals surface area contributed by atoms with E-state index in [9.17, 15) is 14.9 Å². The molecular weight excluding hydrogens is 296 g/mol. The van der Waals surface area contributed by atoms with Crippen LogP contribution in [-0.4, -0.2) is 27.6 Å². The third-order valence-corrected chi connectivity index (χ3v) is 3.83. The molecule has 0 saturated heterocycles. The molecular formula is C13H12N2O5S. The van der Waals surface area contributed by atoms with E-state index in [1.165, 1.54) is 23.5 Å². The first-order valence-corrected chi connectivity index (χ1v) is 6.90. The van der Waals surface area contributed by atoms with Crippen LogP contribution in [0.2, 0.25) is 0 Å². The summed E-state index contributed by atoms with van der Waals surface area (Å²) in [6, 6.07) is 3.70. The van der Waals surface area contributed by atoms with Crippen molar-refractivity contribution in [1.82, 2.24) is 4.98 Å². The van der Waals surface area contributed by atoms with Crippen LogP contribution in [0.5, 0.6) is 5.75 Å². The summed E-state index contributed by atoms with van der Waals surface area (Å²) in [4.78, 5) is 26.2. The quantitative estimate of drug-likeness (QED) is 0.650. The van der Waals surface area contributed by atoms with Crippen LogP contribution in [0.1, 0.15) is 20.9 Å². The van der Waals surface area contributed by atoms with Crippen molar-refractivity contribution in [3.63, 3.8) is 0 Å². The average molecular weight is 308 g/mol. The van der Waals surface area contributed by atoms with Crippen molar-refractivity contribution in [2.24, 2.45) is 0 Å². The SMILES string of the molecule is Cc1ncsc1CCOc1ccc([N+](=O)[O-])c(C(=O)O)c1. The van der Waals surface area contributed by atoms with Crippen LogP contribution in [0.4, 0.5) is 5.69 Å². The summed E-state index contributed by atoms with van der Waals surface area (Å²) in [5.41, 5.74) is 1.86. The lowest BCUT2D eigenvalue weighted by Gasteiger charge is -2.06. The maximum absolute atomic E-state index is 11.0. The summed E-state index contributed by atoms with van der Waals surface area (Å²) in [6.07, 6.45) is 0.649. The third kappa shape index (κ3) is 3.54. The number of carboxylic acids is 1. The molecule has 0 saturated carbocycles. The molecule has 110 valence electrons. The van der Waals surface area contributed by atoms with E-state index >= 15 is 0 Å². The van der Waals surface area contributed by atoms with Crippen molar-refractivity contribution >= 4 is 23.0 Å². The first-order valence-electron chi connectivity index (χ1n) is 6.02. The number of rotatable bonds is 6. The molecule has 0 aliphatic rings. The van der Waals surface area contributed by atoms with Crippen LogP contribution >= 0.6 is 11.3 Å². The summed E-state index contributed by atoms with van der Waals surface area (Å²) in [5.74, 6) is -1.06. The second kappa shape index (κ2) is 6.31. The molecule has 1 N–H and O–H groups in total. The van der Waals surface area contributed by atoms with Gasteiger partial charge in [-0.2, -0.15) is 0 Å². The van der Waals surface area contributed by atoms with Gasteiger partial charge in [0.2, 0.25) is 0 Å². The summed E-state index contributed by atoms with van der Waals surface area (Å²) < 4.78 is 5.45. The van der Waals surface area contributed by atoms with E-state index in [-0.39, 0.29) is 5.56 Å². The van der Waals surface area contributed by atoms with E-state index in [1.807, 2.05) is 6.92 Å². The zero-order valence-electron chi connectivity index (χ0n) is 11.1. The number of aryl methyl sites for hydroxylation is 1. The Kier molecular flexibility index (Phi) is 4.49. The fraction of sp³-hybridized carbons (Fsp3) is 0.231. The van der Waals surface area contributed by atoms with Gasteiger partial charge in [0.25, 0.3) is 5.69 Å². The standard InChI is InChI=1S/C13H12N2O5S/c1-8-12(21-7-14-8)4-5-20-9-2-3-11(15(18)19)10(6-9)13(16)17/h2-3,6-7H,4-5H2,1H3,(H,16,17). The maximum atomic E-state index is 11.0. The Labute approximate surface area is 124 Å². The highest BCUT2D eigenvalue weighted by Gasteiger charge is 2.20. The van der Waals surface area contributed by atoms with Gasteiger partial charge in [-0.1, -0.05) is 0 Å². The summed E-state index contributed by atoms with van der Waals surface area (Å²) >= 11 is 1.52. The van der Waals surface area contributed by atoms with E-state index < -0.39 is 16.6 Å². The highest BCUT2D eigenvalue weighted by molar-refractivity contribution is 7.09. The first-order chi connectivity index (χ1) is 9.99. The van der Waals surface area contributed by atoms with Crippen LogP contribution in [0, 0.1) is 17.0 Å². The van der Waals surface area contributed by atoms with Crippen molar-refractivity contribution in [1.29, 1.82) is 0 Å². The van der Waals surface area contributed by atoms with Gasteiger partial charge in [-0.05, 0) is 13.0 Å². The molecule has 0 atom stereocenters. The summed E-state index contributed by atoms with van der Waals surface area (Å²) in [6.45, 7) is 2.25. The second-order valence-electron chi connectivity index (χ2n) is 4.20. The van der Waals surface area contributed by atoms with E-state index in [2.05, 4.69) is 4.98 Å². The Balaban J connectivity index is 2.07. The smallest absolute Gasteiger partial charge is 0.342 e. The monoisotopic (exact) mass is 308 g/mol. The zero-order valence-corrected chi connectivity index (χ0v) is 11.9. The minimum atomic E-state index is -1.36. The Bertz CT molecular complexity index is 683. The fourth-order valence-electron chi connectivity index (χ4n) is 1.76. The molecule has 2 rings (SSSR count). The first kappa shape index (κ1) is 14.9. The summed E-state index contributed by atoms with van der Waals surface area (Å²) in [7, 11) is 0. The summed E-state index contributed by atoms with van der Waals surface area (Å²) in [5, 5.41) is 19.7. The molecule has 0 aliphatic heterocycles. The van der Waals surface area contributed by atoms with Gasteiger partial charge < -0.3 is 9.84 Å². The minimum absolute atomic E-state index is 0.292. The van der Waals surface area contributed by atoms with Crippen molar-refractivity contribution in [2.75, 3.05) is 6.61 Å². The van der Waals surface area contributed by atoms with Crippen LogP contribution < -0.4 is 4.74 Å². The number of aromatic nitrogens is 1. The number of nitrogens with zero attached hydrogens (tertiary/aromatic N) is 2. The molecule has 0 fully saturated rings. The number of hydrogen-bond donors (Lipinski definition) is 1. The van der Waals surface area contributed by atoms with Gasteiger partial charge in [-0.25, -0.2) is 9.78 Å². The van der Waals surface area contributed by atoms with Crippen molar-refractivity contribution in [2.45, 2.75) is 13.3 Å². The number of benzene rings is 1. The number of nitro benzene ring substituents is 1. The highest BCUT2D eigenvalue weighted by atomic mass is 32.1. The van der Waals surface area contributed by atoms with Crippen LogP contribution in [-0.2, 0) is 6.42 Å². The van der Waals surface area contributed by atoms with Crippen LogP contribution in [0.3, 0.4) is 0 Å². The van der Waals surface area contributed by atoms with Crippen molar-refractivity contribution < 1.29 is 19.6 Å². The van der Waals surface area contributed by atoms with E-state index in [0.717, 1.165) is 16.6 Å². The molecule has 1 aromatic heterocycles. The largest absolute Gasteiger partial charge is 0.493 e. The van der Waals surface area contributed by atoms with Crippen molar-refractivity contribution in [3.05, 3.63) is 50.0 Å². The molecule has 0 unspecified atom stereocenters. The van der Waals surface area contributed by atoms with E-state index in [4.69, 9.17) is 9.84 Å². The molecule has 0 spiro atoms. The van der Waals surface area contributed by atoms with Crippen LogP contribution in [0.25, 0.3) is 0 Å². The molecule has 1 heterocycles. The lowest BCUT2D eigenvalue weighted by Crippen LogP contribution is -2.05. The Morgan fingerprint density at radius 3 is 2.86 bits per heavy atom. The Hall–Kier alpha value is -2.48. The zero-order chi connectivity index (χ0) is 15.4. The number of thiazole rings is 1. The molecule has 7 nitrogen and oxygen atoms in total. The van der Waals surface area contributed by atoms with Gasteiger partial charge in [0.15, 0.2) is 0 Å². The Morgan fingerprint density at radius 1 is 1.52 bits per heavy atom. The molecule has 0 amide bonds. The maximum Gasteiger partial charge on any atom is 0.342 e. The third-order valence-electron chi connectivity index (χ3n) is 2.84. The van der Waals surface area contributed by atoms with Crippen LogP contribution in [0.15, 0.2) is 23.7 Å². The highest BCUT2D eigenvalue weighted by Crippen LogP contribution is 2.24. The normalized spacial score (nSPS) is 10.3. The van der Waals surface area contributed by atoms with Crippen molar-refractivity contribution in [3.8, 4) is 5.75 Å². The van der Waals surface area contributed by atoms with Gasteiger partial charge in [-0.15, -0.1) is 11.3 Å². The fourth-order valence-corrected chi connectivity index (χ4v) is 2.53. The molecule has 0 radical (unpaired) electrons. The second-order valence-corrected chi connectivity index (χ2v) is 5.14. The predicted octanol–water partition coefficient (Wildman–Crippen LogP) is 2.68. The number of ether oxygens (including phenoxy) is 1. The lowest BCUT2D eigenvalue weighted by atomic mass is 10.1. The topological polar surface area (TPSA) is 103 Å². The number of carboxylic acid groups (broad SMARTS) is 1. The van der Waals surface area contributed by atoms with Gasteiger partial charge in [0.05, 0.1) is 22.7 Å². The number of aromatic carboxylic acids is 1. The average Bonchev–Trinajstić information content (AvgIpc) is 2.84. The number of carbonyl (C=O) groups is 1. The van der Waals surface area contributed by atoms with E-state index in [1.54, 1.807) is 5.51 Å². The molecule has 21 heavy (non-hydrogen) atoms. The van der Waals surface area contributed by atoms with Gasteiger partial charge in [0.1, 0.15) is 11.3 Å².